The summed E-state index contributed by atoms with van der Waals surface area (Å²) in [6.45, 7) is 3.54. The monoisotopic (exact) mass is 310 g/mol. The first-order chi connectivity index (χ1) is 10.6. The van der Waals surface area contributed by atoms with Crippen LogP contribution in [0.1, 0.15) is 12.0 Å². The van der Waals surface area contributed by atoms with E-state index in [-0.39, 0.29) is 6.79 Å². The average molecular weight is 310 g/mol. The van der Waals surface area contributed by atoms with Crippen molar-refractivity contribution in [3.8, 4) is 11.5 Å². The normalized spacial score (nSPS) is 14.5. The number of aliphatic hydroxyl groups excluding tert-OH is 1. The average Bonchev–Trinajstić information content (AvgIpc) is 2.94. The van der Waals surface area contributed by atoms with Crippen LogP contribution in [-0.2, 0) is 11.3 Å². The van der Waals surface area contributed by atoms with Gasteiger partial charge in [-0.15, -0.1) is 0 Å². The Hall–Kier alpha value is -1.34. The SMILES string of the molecule is CN(C)CCCNC[C@H](O)COCc1ccc2c(c1)OCO2. The zero-order chi connectivity index (χ0) is 15.8. The molecule has 1 aliphatic rings. The molecule has 0 bridgehead atoms. The van der Waals surface area contributed by atoms with Crippen LogP contribution in [0.2, 0.25) is 0 Å². The van der Waals surface area contributed by atoms with Crippen molar-refractivity contribution in [2.45, 2.75) is 19.1 Å². The van der Waals surface area contributed by atoms with E-state index >= 15 is 0 Å². The quantitative estimate of drug-likeness (QED) is 0.624. The molecule has 1 heterocycles. The summed E-state index contributed by atoms with van der Waals surface area (Å²) in [6, 6.07) is 5.73. The van der Waals surface area contributed by atoms with E-state index in [1.54, 1.807) is 0 Å². The zero-order valence-electron chi connectivity index (χ0n) is 13.4. The fourth-order valence-electron chi connectivity index (χ4n) is 2.19. The minimum atomic E-state index is -0.492. The summed E-state index contributed by atoms with van der Waals surface area (Å²) in [6.07, 6.45) is 0.575. The molecule has 22 heavy (non-hydrogen) atoms. The van der Waals surface area contributed by atoms with Gasteiger partial charge in [-0.25, -0.2) is 0 Å². The number of nitrogens with one attached hydrogen (secondary N) is 1. The van der Waals surface area contributed by atoms with Crippen molar-refractivity contribution in [1.82, 2.24) is 10.2 Å². The van der Waals surface area contributed by atoms with Gasteiger partial charge in [0.2, 0.25) is 6.79 Å². The second-order valence-corrected chi connectivity index (χ2v) is 5.72. The first kappa shape index (κ1) is 17.0. The lowest BCUT2D eigenvalue weighted by molar-refractivity contribution is 0.0288. The fraction of sp³-hybridized carbons (Fsp3) is 0.625. The van der Waals surface area contributed by atoms with Crippen LogP contribution in [0.15, 0.2) is 18.2 Å². The van der Waals surface area contributed by atoms with Crippen molar-refractivity contribution < 1.29 is 19.3 Å². The minimum Gasteiger partial charge on any atom is -0.454 e. The molecule has 6 heteroatoms. The van der Waals surface area contributed by atoms with Crippen LogP contribution in [0, 0.1) is 0 Å². The van der Waals surface area contributed by atoms with Crippen molar-refractivity contribution in [1.29, 1.82) is 0 Å². The van der Waals surface area contributed by atoms with E-state index in [1.807, 2.05) is 18.2 Å². The number of hydrogen-bond acceptors (Lipinski definition) is 6. The highest BCUT2D eigenvalue weighted by Crippen LogP contribution is 2.32. The molecule has 1 aromatic rings. The molecule has 1 aromatic carbocycles. The first-order valence-corrected chi connectivity index (χ1v) is 7.65. The lowest BCUT2D eigenvalue weighted by atomic mass is 10.2. The van der Waals surface area contributed by atoms with Gasteiger partial charge in [0.15, 0.2) is 11.5 Å². The Balaban J connectivity index is 1.56. The van der Waals surface area contributed by atoms with E-state index in [2.05, 4.69) is 24.3 Å². The number of rotatable bonds is 10. The molecule has 2 rings (SSSR count). The molecule has 0 spiro atoms. The third-order valence-electron chi connectivity index (χ3n) is 3.35. The molecule has 0 fully saturated rings. The summed E-state index contributed by atoms with van der Waals surface area (Å²) < 4.78 is 16.1. The summed E-state index contributed by atoms with van der Waals surface area (Å²) in [7, 11) is 4.11. The van der Waals surface area contributed by atoms with Crippen LogP contribution >= 0.6 is 0 Å². The number of nitrogens with zero attached hydrogens (tertiary/aromatic N) is 1. The molecular formula is C16H26N2O4. The van der Waals surface area contributed by atoms with Gasteiger partial charge in [-0.2, -0.15) is 0 Å². The topological polar surface area (TPSA) is 63.2 Å². The second-order valence-electron chi connectivity index (χ2n) is 5.72. The number of ether oxygens (including phenoxy) is 3. The highest BCUT2D eigenvalue weighted by molar-refractivity contribution is 5.44. The van der Waals surface area contributed by atoms with Gasteiger partial charge < -0.3 is 29.5 Å². The van der Waals surface area contributed by atoms with Crippen molar-refractivity contribution in [3.63, 3.8) is 0 Å². The summed E-state index contributed by atoms with van der Waals surface area (Å²) >= 11 is 0. The Morgan fingerprint density at radius 3 is 2.95 bits per heavy atom. The lowest BCUT2D eigenvalue weighted by Crippen LogP contribution is -2.32. The smallest absolute Gasteiger partial charge is 0.231 e. The molecule has 0 saturated heterocycles. The predicted octanol–water partition coefficient (Wildman–Crippen LogP) is 0.834. The molecule has 0 saturated carbocycles. The molecule has 0 aliphatic carbocycles. The summed E-state index contributed by atoms with van der Waals surface area (Å²) in [5, 5.41) is 13.1. The number of fused-ring (bicyclic) bond motifs is 1. The second kappa shape index (κ2) is 8.95. The summed E-state index contributed by atoms with van der Waals surface area (Å²) in [4.78, 5) is 2.15. The maximum Gasteiger partial charge on any atom is 0.231 e. The molecule has 2 N–H and O–H groups in total. The van der Waals surface area contributed by atoms with E-state index in [1.165, 1.54) is 0 Å². The van der Waals surface area contributed by atoms with Crippen LogP contribution in [0.5, 0.6) is 11.5 Å². The van der Waals surface area contributed by atoms with Gasteiger partial charge >= 0.3 is 0 Å². The molecule has 1 atom stereocenters. The van der Waals surface area contributed by atoms with Gasteiger partial charge in [0, 0.05) is 6.54 Å². The molecule has 124 valence electrons. The van der Waals surface area contributed by atoms with E-state index in [0.29, 0.717) is 19.8 Å². The van der Waals surface area contributed by atoms with E-state index < -0.39 is 6.10 Å². The predicted molar refractivity (Wildman–Crippen MR) is 84.3 cm³/mol. The standard InChI is InChI=1S/C16H26N2O4/c1-18(2)7-3-6-17-9-14(19)11-20-10-13-4-5-15-16(8-13)22-12-21-15/h4-5,8,14,17,19H,3,6-7,9-12H2,1-2H3/t14-/m0/s1. The number of aliphatic hydroxyl groups is 1. The largest absolute Gasteiger partial charge is 0.454 e. The molecule has 6 nitrogen and oxygen atoms in total. The van der Waals surface area contributed by atoms with Crippen LogP contribution in [0.4, 0.5) is 0 Å². The van der Waals surface area contributed by atoms with Crippen molar-refractivity contribution in [2.75, 3.05) is 47.1 Å². The van der Waals surface area contributed by atoms with Crippen LogP contribution in [0.3, 0.4) is 0 Å². The maximum absolute atomic E-state index is 9.85. The maximum atomic E-state index is 9.85. The van der Waals surface area contributed by atoms with Crippen LogP contribution < -0.4 is 14.8 Å². The summed E-state index contributed by atoms with van der Waals surface area (Å²) in [5.74, 6) is 1.52. The van der Waals surface area contributed by atoms with Crippen molar-refractivity contribution in [2.24, 2.45) is 0 Å². The Labute approximate surface area is 132 Å². The number of benzene rings is 1. The Morgan fingerprint density at radius 1 is 1.32 bits per heavy atom. The van der Waals surface area contributed by atoms with Crippen LogP contribution in [-0.4, -0.2) is 63.2 Å². The molecule has 0 unspecified atom stereocenters. The van der Waals surface area contributed by atoms with Crippen molar-refractivity contribution in [3.05, 3.63) is 23.8 Å². The highest BCUT2D eigenvalue weighted by Gasteiger charge is 2.13. The summed E-state index contributed by atoms with van der Waals surface area (Å²) in [5.41, 5.74) is 1.01. The number of hydrogen-bond donors (Lipinski definition) is 2. The van der Waals surface area contributed by atoms with Gasteiger partial charge in [-0.3, -0.25) is 0 Å². The van der Waals surface area contributed by atoms with E-state index in [9.17, 15) is 5.11 Å². The fourth-order valence-corrected chi connectivity index (χ4v) is 2.19. The third kappa shape index (κ3) is 5.81. The molecule has 1 aliphatic heterocycles. The third-order valence-corrected chi connectivity index (χ3v) is 3.35. The zero-order valence-corrected chi connectivity index (χ0v) is 13.4. The Bertz CT molecular complexity index is 454. The van der Waals surface area contributed by atoms with E-state index in [4.69, 9.17) is 14.2 Å². The van der Waals surface area contributed by atoms with Gasteiger partial charge in [0.05, 0.1) is 19.3 Å². The van der Waals surface area contributed by atoms with Gasteiger partial charge in [-0.05, 0) is 51.3 Å². The van der Waals surface area contributed by atoms with Crippen LogP contribution in [0.25, 0.3) is 0 Å². The molecule has 0 radical (unpaired) electrons. The Kier molecular flexibility index (Phi) is 6.92. The van der Waals surface area contributed by atoms with Gasteiger partial charge in [-0.1, -0.05) is 6.07 Å². The minimum absolute atomic E-state index is 0.276. The van der Waals surface area contributed by atoms with E-state index in [0.717, 1.165) is 36.6 Å². The van der Waals surface area contributed by atoms with Crippen molar-refractivity contribution >= 4 is 0 Å². The van der Waals surface area contributed by atoms with Gasteiger partial charge in [0.1, 0.15) is 0 Å². The van der Waals surface area contributed by atoms with Gasteiger partial charge in [0.25, 0.3) is 0 Å². The molecule has 0 aromatic heterocycles. The Morgan fingerprint density at radius 2 is 2.14 bits per heavy atom. The lowest BCUT2D eigenvalue weighted by Gasteiger charge is -2.13. The highest BCUT2D eigenvalue weighted by atomic mass is 16.7. The molecular weight excluding hydrogens is 284 g/mol. The first-order valence-electron chi connectivity index (χ1n) is 7.65. The molecule has 0 amide bonds.